The van der Waals surface area contributed by atoms with E-state index in [0.717, 1.165) is 12.1 Å². The van der Waals surface area contributed by atoms with Crippen LogP contribution in [0.3, 0.4) is 0 Å². The van der Waals surface area contributed by atoms with Gasteiger partial charge in [-0.2, -0.15) is 13.2 Å². The largest absolute Gasteiger partial charge is 0.416 e. The molecule has 0 radical (unpaired) electrons. The summed E-state index contributed by atoms with van der Waals surface area (Å²) < 4.78 is 49.4. The molecule has 0 aliphatic carbocycles. The van der Waals surface area contributed by atoms with Crippen LogP contribution in [-0.4, -0.2) is 72.8 Å². The van der Waals surface area contributed by atoms with Gasteiger partial charge >= 0.3 is 12.2 Å². The molecule has 3 fully saturated rings. The summed E-state index contributed by atoms with van der Waals surface area (Å²) in [7, 11) is 0. The highest BCUT2D eigenvalue weighted by Gasteiger charge is 2.40. The SMILES string of the molecule is CC(OC1CN(C(=O)N2CCC3OCC(=O)NC3C2)C1)c1ccc(C(F)(F)F)cc1. The van der Waals surface area contributed by atoms with Crippen LogP contribution in [0.5, 0.6) is 0 Å². The van der Waals surface area contributed by atoms with Crippen LogP contribution < -0.4 is 5.32 Å². The molecule has 164 valence electrons. The van der Waals surface area contributed by atoms with Crippen LogP contribution in [0.4, 0.5) is 18.0 Å². The Kier molecular flexibility index (Phi) is 5.63. The van der Waals surface area contributed by atoms with Gasteiger partial charge in [-0.15, -0.1) is 0 Å². The number of urea groups is 1. The molecule has 3 amide bonds. The fourth-order valence-electron chi connectivity index (χ4n) is 4.06. The van der Waals surface area contributed by atoms with E-state index in [-0.39, 0.29) is 42.9 Å². The molecule has 0 bridgehead atoms. The van der Waals surface area contributed by atoms with Crippen molar-refractivity contribution >= 4 is 11.9 Å². The molecular formula is C20H24F3N3O4. The Bertz CT molecular complexity index is 795. The Labute approximate surface area is 172 Å². The summed E-state index contributed by atoms with van der Waals surface area (Å²) in [5.74, 6) is -0.166. The molecule has 3 heterocycles. The number of alkyl halides is 3. The minimum Gasteiger partial charge on any atom is -0.367 e. The van der Waals surface area contributed by atoms with Crippen molar-refractivity contribution in [2.45, 2.75) is 43.9 Å². The predicted molar refractivity (Wildman–Crippen MR) is 99.6 cm³/mol. The van der Waals surface area contributed by atoms with Crippen LogP contribution in [0.2, 0.25) is 0 Å². The summed E-state index contributed by atoms with van der Waals surface area (Å²) in [6, 6.07) is 4.64. The molecule has 3 unspecified atom stereocenters. The number of fused-ring (bicyclic) bond motifs is 1. The second kappa shape index (κ2) is 8.07. The van der Waals surface area contributed by atoms with Crippen LogP contribution in [-0.2, 0) is 20.4 Å². The van der Waals surface area contributed by atoms with Crippen LogP contribution in [0, 0.1) is 0 Å². The first kappa shape index (κ1) is 20.9. The third kappa shape index (κ3) is 4.39. The molecule has 3 aliphatic heterocycles. The zero-order valence-electron chi connectivity index (χ0n) is 16.5. The monoisotopic (exact) mass is 427 g/mol. The Morgan fingerprint density at radius 1 is 1.20 bits per heavy atom. The van der Waals surface area contributed by atoms with Gasteiger partial charge in [-0.3, -0.25) is 4.79 Å². The fourth-order valence-corrected chi connectivity index (χ4v) is 4.06. The van der Waals surface area contributed by atoms with Crippen molar-refractivity contribution in [2.24, 2.45) is 0 Å². The summed E-state index contributed by atoms with van der Waals surface area (Å²) >= 11 is 0. The van der Waals surface area contributed by atoms with Crippen molar-refractivity contribution < 1.29 is 32.2 Å². The first-order valence-electron chi connectivity index (χ1n) is 9.98. The van der Waals surface area contributed by atoms with E-state index in [1.54, 1.807) is 16.7 Å². The highest BCUT2D eigenvalue weighted by atomic mass is 19.4. The van der Waals surface area contributed by atoms with Gasteiger partial charge in [-0.25, -0.2) is 4.79 Å². The molecule has 4 rings (SSSR count). The number of halogens is 3. The number of piperidine rings is 1. The first-order valence-corrected chi connectivity index (χ1v) is 9.98. The predicted octanol–water partition coefficient (Wildman–Crippen LogP) is 2.18. The van der Waals surface area contributed by atoms with Gasteiger partial charge in [-0.1, -0.05) is 12.1 Å². The van der Waals surface area contributed by atoms with Gasteiger partial charge in [0.15, 0.2) is 0 Å². The molecule has 10 heteroatoms. The molecule has 3 aliphatic rings. The summed E-state index contributed by atoms with van der Waals surface area (Å²) in [6.45, 7) is 3.69. The highest BCUT2D eigenvalue weighted by molar-refractivity contribution is 5.79. The van der Waals surface area contributed by atoms with Crippen molar-refractivity contribution in [1.82, 2.24) is 15.1 Å². The van der Waals surface area contributed by atoms with Crippen molar-refractivity contribution in [3.05, 3.63) is 35.4 Å². The minimum absolute atomic E-state index is 0.0520. The Morgan fingerprint density at radius 2 is 1.90 bits per heavy atom. The number of amides is 3. The van der Waals surface area contributed by atoms with Crippen LogP contribution in [0.25, 0.3) is 0 Å². The standard InChI is InChI=1S/C20H24F3N3O4/c1-12(13-2-4-14(5-3-13)20(21,22)23)30-15-8-26(9-15)19(28)25-7-6-17-16(10-25)24-18(27)11-29-17/h2-5,12,15-17H,6-11H2,1H3,(H,24,27). The molecule has 0 saturated carbocycles. The maximum absolute atomic E-state index is 12.7. The second-order valence-corrected chi connectivity index (χ2v) is 7.97. The maximum Gasteiger partial charge on any atom is 0.416 e. The Balaban J connectivity index is 1.24. The van der Waals surface area contributed by atoms with E-state index in [1.165, 1.54) is 12.1 Å². The van der Waals surface area contributed by atoms with Crippen LogP contribution in [0.15, 0.2) is 24.3 Å². The molecule has 0 aromatic heterocycles. The summed E-state index contributed by atoms with van der Waals surface area (Å²) in [5, 5.41) is 2.87. The van der Waals surface area contributed by atoms with Gasteiger partial charge in [0, 0.05) is 13.1 Å². The molecule has 0 spiro atoms. The number of likely N-dealkylation sites (tertiary alicyclic amines) is 2. The zero-order chi connectivity index (χ0) is 21.5. The normalized spacial score (nSPS) is 25.9. The highest BCUT2D eigenvalue weighted by Crippen LogP contribution is 2.31. The van der Waals surface area contributed by atoms with Gasteiger partial charge in [0.2, 0.25) is 5.91 Å². The van der Waals surface area contributed by atoms with Gasteiger partial charge in [0.05, 0.1) is 43.0 Å². The van der Waals surface area contributed by atoms with Gasteiger partial charge in [0.25, 0.3) is 0 Å². The molecule has 7 nitrogen and oxygen atoms in total. The van der Waals surface area contributed by atoms with Gasteiger partial charge in [0.1, 0.15) is 6.61 Å². The van der Waals surface area contributed by atoms with Gasteiger partial charge < -0.3 is 24.6 Å². The van der Waals surface area contributed by atoms with E-state index in [2.05, 4.69) is 5.32 Å². The van der Waals surface area contributed by atoms with E-state index in [1.807, 2.05) is 0 Å². The van der Waals surface area contributed by atoms with Crippen molar-refractivity contribution in [2.75, 3.05) is 32.8 Å². The fraction of sp³-hybridized carbons (Fsp3) is 0.600. The van der Waals surface area contributed by atoms with E-state index in [9.17, 15) is 22.8 Å². The van der Waals surface area contributed by atoms with E-state index in [0.29, 0.717) is 38.2 Å². The summed E-state index contributed by atoms with van der Waals surface area (Å²) in [6.07, 6.45) is -4.28. The Hall–Kier alpha value is -2.33. The topological polar surface area (TPSA) is 71.1 Å². The lowest BCUT2D eigenvalue weighted by molar-refractivity contribution is -0.140. The number of morpholine rings is 1. The average molecular weight is 427 g/mol. The molecule has 3 atom stereocenters. The molecular weight excluding hydrogens is 403 g/mol. The molecule has 1 N–H and O–H groups in total. The minimum atomic E-state index is -4.36. The number of hydrogen-bond acceptors (Lipinski definition) is 4. The summed E-state index contributed by atoms with van der Waals surface area (Å²) in [4.78, 5) is 27.6. The average Bonchev–Trinajstić information content (AvgIpc) is 2.68. The van der Waals surface area contributed by atoms with Crippen LogP contribution >= 0.6 is 0 Å². The van der Waals surface area contributed by atoms with E-state index in [4.69, 9.17) is 9.47 Å². The number of hydrogen-bond donors (Lipinski definition) is 1. The lowest BCUT2D eigenvalue weighted by atomic mass is 10.0. The third-order valence-electron chi connectivity index (χ3n) is 5.82. The third-order valence-corrected chi connectivity index (χ3v) is 5.82. The quantitative estimate of drug-likeness (QED) is 0.803. The number of ether oxygens (including phenoxy) is 2. The van der Waals surface area contributed by atoms with Crippen LogP contribution in [0.1, 0.15) is 30.6 Å². The maximum atomic E-state index is 12.7. The summed E-state index contributed by atoms with van der Waals surface area (Å²) in [5.41, 5.74) is -0.0370. The molecule has 3 saturated heterocycles. The van der Waals surface area contributed by atoms with Crippen molar-refractivity contribution in [3.8, 4) is 0 Å². The number of carbonyl (C=O) groups is 2. The van der Waals surface area contributed by atoms with Crippen molar-refractivity contribution in [3.63, 3.8) is 0 Å². The van der Waals surface area contributed by atoms with E-state index >= 15 is 0 Å². The number of nitrogens with zero attached hydrogens (tertiary/aromatic N) is 2. The molecule has 1 aromatic carbocycles. The molecule has 30 heavy (non-hydrogen) atoms. The lowest BCUT2D eigenvalue weighted by Gasteiger charge is -2.46. The second-order valence-electron chi connectivity index (χ2n) is 7.97. The number of rotatable bonds is 3. The zero-order valence-corrected chi connectivity index (χ0v) is 16.5. The van der Waals surface area contributed by atoms with Crippen molar-refractivity contribution in [1.29, 1.82) is 0 Å². The van der Waals surface area contributed by atoms with E-state index < -0.39 is 11.7 Å². The molecule has 1 aromatic rings. The Morgan fingerprint density at radius 3 is 2.57 bits per heavy atom. The van der Waals surface area contributed by atoms with Gasteiger partial charge in [-0.05, 0) is 31.0 Å². The lowest BCUT2D eigenvalue weighted by Crippen LogP contribution is -2.65. The smallest absolute Gasteiger partial charge is 0.367 e. The first-order chi connectivity index (χ1) is 14.2. The number of carbonyl (C=O) groups excluding carboxylic acids is 2. The number of benzene rings is 1. The number of nitrogens with one attached hydrogen (secondary N) is 1.